The molecule has 0 aromatic heterocycles. The Morgan fingerprint density at radius 3 is 2.63 bits per heavy atom. The van der Waals surface area contributed by atoms with E-state index in [0.29, 0.717) is 5.75 Å². The average molecular weight is 299 g/mol. The monoisotopic (exact) mass is 299 g/mol. The first-order valence-electron chi connectivity index (χ1n) is 5.92. The summed E-state index contributed by atoms with van der Waals surface area (Å²) in [5.74, 6) is -1.41. The second-order valence-corrected chi connectivity index (χ2v) is 4.73. The van der Waals surface area contributed by atoms with E-state index in [-0.39, 0.29) is 25.5 Å². The Labute approximate surface area is 114 Å². The number of esters is 1. The highest BCUT2D eigenvalue weighted by molar-refractivity contribution is 7.80. The second-order valence-electron chi connectivity index (χ2n) is 4.37. The van der Waals surface area contributed by atoms with Crippen molar-refractivity contribution in [2.45, 2.75) is 32.0 Å². The average Bonchev–Trinajstić information content (AvgIpc) is 2.66. The van der Waals surface area contributed by atoms with Gasteiger partial charge in [-0.3, -0.25) is 9.59 Å². The van der Waals surface area contributed by atoms with Crippen molar-refractivity contribution in [3.8, 4) is 0 Å². The van der Waals surface area contributed by atoms with Crippen LogP contribution in [0.4, 0.5) is 13.2 Å². The molecule has 0 radical (unpaired) electrons. The Kier molecular flexibility index (Phi) is 5.51. The maximum absolute atomic E-state index is 13.0. The fourth-order valence-corrected chi connectivity index (χ4v) is 2.26. The Bertz CT molecular complexity index is 349. The van der Waals surface area contributed by atoms with Gasteiger partial charge in [0.1, 0.15) is 6.04 Å². The number of hydrogen-bond donors (Lipinski definition) is 1. The van der Waals surface area contributed by atoms with Crippen LogP contribution in [0.5, 0.6) is 0 Å². The third-order valence-corrected chi connectivity index (χ3v) is 3.43. The maximum atomic E-state index is 13.0. The van der Waals surface area contributed by atoms with Crippen molar-refractivity contribution in [1.82, 2.24) is 4.90 Å². The summed E-state index contributed by atoms with van der Waals surface area (Å²) in [7, 11) is 0. The van der Waals surface area contributed by atoms with Crippen LogP contribution >= 0.6 is 12.6 Å². The minimum atomic E-state index is -4.64. The standard InChI is InChI=1S/C11H16F3NO3S/c1-2-18-10(17)4-8(11(12,13)14)15-5-7(6-19)3-9(15)16/h7-8,19H,2-6H2,1H3. The van der Waals surface area contributed by atoms with Gasteiger partial charge in [-0.25, -0.2) is 0 Å². The van der Waals surface area contributed by atoms with E-state index in [1.54, 1.807) is 0 Å². The number of carbonyl (C=O) groups excluding carboxylic acids is 2. The van der Waals surface area contributed by atoms with Crippen molar-refractivity contribution in [2.24, 2.45) is 5.92 Å². The molecule has 1 amide bonds. The largest absolute Gasteiger partial charge is 0.466 e. The highest BCUT2D eigenvalue weighted by Gasteiger charge is 2.49. The van der Waals surface area contributed by atoms with Crippen LogP contribution in [0.15, 0.2) is 0 Å². The number of amides is 1. The minimum Gasteiger partial charge on any atom is -0.466 e. The highest BCUT2D eigenvalue weighted by Crippen LogP contribution is 2.32. The van der Waals surface area contributed by atoms with Crippen molar-refractivity contribution in [3.63, 3.8) is 0 Å². The van der Waals surface area contributed by atoms with E-state index in [4.69, 9.17) is 0 Å². The number of hydrogen-bond acceptors (Lipinski definition) is 4. The summed E-state index contributed by atoms with van der Waals surface area (Å²) < 4.78 is 43.4. The second kappa shape index (κ2) is 6.49. The molecule has 19 heavy (non-hydrogen) atoms. The van der Waals surface area contributed by atoms with Gasteiger partial charge in [0.25, 0.3) is 0 Å². The molecule has 4 nitrogen and oxygen atoms in total. The molecule has 8 heteroatoms. The van der Waals surface area contributed by atoms with Crippen LogP contribution in [-0.2, 0) is 14.3 Å². The van der Waals surface area contributed by atoms with E-state index in [2.05, 4.69) is 17.4 Å². The zero-order valence-corrected chi connectivity index (χ0v) is 11.3. The highest BCUT2D eigenvalue weighted by atomic mass is 32.1. The summed E-state index contributed by atoms with van der Waals surface area (Å²) in [5, 5.41) is 0. The molecule has 0 aliphatic carbocycles. The van der Waals surface area contributed by atoms with Gasteiger partial charge < -0.3 is 9.64 Å². The predicted octanol–water partition coefficient (Wildman–Crippen LogP) is 1.65. The van der Waals surface area contributed by atoms with E-state index < -0.39 is 30.5 Å². The Balaban J connectivity index is 2.80. The summed E-state index contributed by atoms with van der Waals surface area (Å²) >= 11 is 3.99. The van der Waals surface area contributed by atoms with Crippen molar-refractivity contribution in [3.05, 3.63) is 0 Å². The van der Waals surface area contributed by atoms with Gasteiger partial charge in [0.05, 0.1) is 13.0 Å². The van der Waals surface area contributed by atoms with Crippen LogP contribution in [0, 0.1) is 5.92 Å². The van der Waals surface area contributed by atoms with Crippen LogP contribution < -0.4 is 0 Å². The van der Waals surface area contributed by atoms with E-state index in [9.17, 15) is 22.8 Å². The number of ether oxygens (including phenoxy) is 1. The minimum absolute atomic E-state index is 0.0105. The van der Waals surface area contributed by atoms with Crippen molar-refractivity contribution in [2.75, 3.05) is 18.9 Å². The molecular formula is C11H16F3NO3S. The number of halogens is 3. The van der Waals surface area contributed by atoms with Crippen LogP contribution in [0.1, 0.15) is 19.8 Å². The zero-order chi connectivity index (χ0) is 14.6. The smallest absolute Gasteiger partial charge is 0.409 e. The van der Waals surface area contributed by atoms with Gasteiger partial charge in [-0.05, 0) is 18.6 Å². The van der Waals surface area contributed by atoms with Crippen molar-refractivity contribution in [1.29, 1.82) is 0 Å². The third kappa shape index (κ3) is 4.29. The first-order chi connectivity index (χ1) is 8.79. The molecule has 0 bridgehead atoms. The number of thiol groups is 1. The molecule has 1 saturated heterocycles. The molecule has 0 saturated carbocycles. The molecule has 0 aromatic rings. The summed E-state index contributed by atoms with van der Waals surface area (Å²) in [6.07, 6.45) is -5.46. The van der Waals surface area contributed by atoms with Gasteiger partial charge in [0.2, 0.25) is 5.91 Å². The quantitative estimate of drug-likeness (QED) is 0.620. The first-order valence-corrected chi connectivity index (χ1v) is 6.55. The molecule has 1 rings (SSSR count). The normalized spacial score (nSPS) is 21.6. The Morgan fingerprint density at radius 1 is 1.58 bits per heavy atom. The molecule has 110 valence electrons. The lowest BCUT2D eigenvalue weighted by molar-refractivity contribution is -0.193. The number of nitrogens with zero attached hydrogens (tertiary/aromatic N) is 1. The van der Waals surface area contributed by atoms with Crippen LogP contribution in [0.3, 0.4) is 0 Å². The number of carbonyl (C=O) groups is 2. The van der Waals surface area contributed by atoms with Crippen LogP contribution in [-0.4, -0.2) is 47.9 Å². The summed E-state index contributed by atoms with van der Waals surface area (Å²) in [5.41, 5.74) is 0. The summed E-state index contributed by atoms with van der Waals surface area (Å²) in [6.45, 7) is 1.50. The topological polar surface area (TPSA) is 46.6 Å². The van der Waals surface area contributed by atoms with Crippen LogP contribution in [0.2, 0.25) is 0 Å². The van der Waals surface area contributed by atoms with E-state index in [1.807, 2.05) is 0 Å². The number of rotatable bonds is 5. The zero-order valence-electron chi connectivity index (χ0n) is 10.4. The lowest BCUT2D eigenvalue weighted by Gasteiger charge is -2.29. The fourth-order valence-electron chi connectivity index (χ4n) is 2.01. The molecule has 1 fully saturated rings. The fraction of sp³-hybridized carbons (Fsp3) is 0.818. The molecule has 1 heterocycles. The van der Waals surface area contributed by atoms with Crippen molar-refractivity contribution >= 4 is 24.5 Å². The van der Waals surface area contributed by atoms with Crippen molar-refractivity contribution < 1.29 is 27.5 Å². The van der Waals surface area contributed by atoms with E-state index in [1.165, 1.54) is 6.92 Å². The predicted molar refractivity (Wildman–Crippen MR) is 64.8 cm³/mol. The van der Waals surface area contributed by atoms with Gasteiger partial charge in [0.15, 0.2) is 0 Å². The molecular weight excluding hydrogens is 283 g/mol. The molecule has 1 aliphatic rings. The molecule has 1 aliphatic heterocycles. The SMILES string of the molecule is CCOC(=O)CC(N1CC(CS)CC1=O)C(F)(F)F. The van der Waals surface area contributed by atoms with Crippen LogP contribution in [0.25, 0.3) is 0 Å². The molecule has 2 unspecified atom stereocenters. The van der Waals surface area contributed by atoms with Gasteiger partial charge in [-0.1, -0.05) is 0 Å². The molecule has 0 N–H and O–H groups in total. The Hall–Kier alpha value is -0.920. The first kappa shape index (κ1) is 16.1. The third-order valence-electron chi connectivity index (χ3n) is 2.92. The summed E-state index contributed by atoms with van der Waals surface area (Å²) in [4.78, 5) is 23.6. The Morgan fingerprint density at radius 2 is 2.21 bits per heavy atom. The van der Waals surface area contributed by atoms with E-state index in [0.717, 1.165) is 4.90 Å². The van der Waals surface area contributed by atoms with Gasteiger partial charge in [-0.15, -0.1) is 0 Å². The number of likely N-dealkylation sites (tertiary alicyclic amines) is 1. The lowest BCUT2D eigenvalue weighted by Crippen LogP contribution is -2.48. The van der Waals surface area contributed by atoms with Gasteiger partial charge >= 0.3 is 12.1 Å². The summed E-state index contributed by atoms with van der Waals surface area (Å²) in [6, 6.07) is -2.11. The maximum Gasteiger partial charge on any atom is 0.409 e. The number of alkyl halides is 3. The molecule has 2 atom stereocenters. The lowest BCUT2D eigenvalue weighted by atomic mass is 10.1. The van der Waals surface area contributed by atoms with Gasteiger partial charge in [-0.2, -0.15) is 25.8 Å². The molecule has 0 spiro atoms. The van der Waals surface area contributed by atoms with Gasteiger partial charge in [0, 0.05) is 13.0 Å². The molecule has 0 aromatic carbocycles. The van der Waals surface area contributed by atoms with E-state index >= 15 is 0 Å².